The topological polar surface area (TPSA) is 69.6 Å². The van der Waals surface area contributed by atoms with Crippen LogP contribution in [0.25, 0.3) is 34.2 Å². The van der Waals surface area contributed by atoms with Crippen molar-refractivity contribution in [3.05, 3.63) is 114 Å². The van der Waals surface area contributed by atoms with Gasteiger partial charge in [0.15, 0.2) is 11.5 Å². The highest BCUT2D eigenvalue weighted by Gasteiger charge is 2.25. The Hall–Kier alpha value is -4.71. The van der Waals surface area contributed by atoms with Gasteiger partial charge in [-0.1, -0.05) is 54.6 Å². The van der Waals surface area contributed by atoms with E-state index < -0.39 is 5.97 Å². The summed E-state index contributed by atoms with van der Waals surface area (Å²) in [5, 5.41) is 5.74. The van der Waals surface area contributed by atoms with E-state index in [9.17, 15) is 4.79 Å². The van der Waals surface area contributed by atoms with Crippen molar-refractivity contribution >= 4 is 28.9 Å². The lowest BCUT2D eigenvalue weighted by atomic mass is 10.1. The number of furan rings is 1. The number of cyclic esters (lactones) is 1. The molecule has 0 spiro atoms. The first-order valence-electron chi connectivity index (χ1n) is 10.5. The van der Waals surface area contributed by atoms with Crippen LogP contribution in [0, 0.1) is 0 Å². The number of hydrogen-bond donors (Lipinski definition) is 0. The fourth-order valence-electron chi connectivity index (χ4n) is 3.76. The Balaban J connectivity index is 1.48. The Morgan fingerprint density at radius 1 is 0.848 bits per heavy atom. The zero-order valence-electron chi connectivity index (χ0n) is 17.4. The van der Waals surface area contributed by atoms with E-state index in [4.69, 9.17) is 14.3 Å². The van der Waals surface area contributed by atoms with Gasteiger partial charge in [-0.25, -0.2) is 14.5 Å². The van der Waals surface area contributed by atoms with Crippen molar-refractivity contribution in [1.82, 2.24) is 9.78 Å². The molecular formula is C27H17N3O3. The maximum absolute atomic E-state index is 12.6. The molecular weight excluding hydrogens is 414 g/mol. The van der Waals surface area contributed by atoms with Crippen molar-refractivity contribution in [3.63, 3.8) is 0 Å². The summed E-state index contributed by atoms with van der Waals surface area (Å²) < 4.78 is 13.2. The minimum Gasteiger partial charge on any atom is -0.454 e. The molecule has 158 valence electrons. The number of carbonyl (C=O) groups excluding carboxylic acids is 1. The SMILES string of the molecule is O=C1OC(c2ccccc2)=N/C1=C\c1cn(-c2ccccc2)nc1-c1cc2ccccc2o1. The fourth-order valence-corrected chi connectivity index (χ4v) is 3.76. The zero-order valence-corrected chi connectivity index (χ0v) is 17.4. The molecule has 0 saturated heterocycles. The van der Waals surface area contributed by atoms with Gasteiger partial charge in [0.25, 0.3) is 0 Å². The van der Waals surface area contributed by atoms with Gasteiger partial charge in [-0.15, -0.1) is 0 Å². The van der Waals surface area contributed by atoms with Crippen LogP contribution >= 0.6 is 0 Å². The molecule has 1 aliphatic rings. The van der Waals surface area contributed by atoms with Crippen molar-refractivity contribution in [3.8, 4) is 17.1 Å². The predicted octanol–water partition coefficient (Wildman–Crippen LogP) is 5.63. The van der Waals surface area contributed by atoms with Crippen LogP contribution in [-0.2, 0) is 9.53 Å². The second-order valence-electron chi connectivity index (χ2n) is 7.56. The molecule has 0 unspecified atom stereocenters. The van der Waals surface area contributed by atoms with Crippen LogP contribution < -0.4 is 0 Å². The van der Waals surface area contributed by atoms with Crippen molar-refractivity contribution in [2.24, 2.45) is 4.99 Å². The summed E-state index contributed by atoms with van der Waals surface area (Å²) in [5.41, 5.74) is 3.92. The number of fused-ring (bicyclic) bond motifs is 1. The minimum atomic E-state index is -0.503. The van der Waals surface area contributed by atoms with Crippen molar-refractivity contribution in [1.29, 1.82) is 0 Å². The van der Waals surface area contributed by atoms with Crippen molar-refractivity contribution < 1.29 is 13.9 Å². The van der Waals surface area contributed by atoms with E-state index in [1.54, 1.807) is 10.8 Å². The molecule has 5 aromatic rings. The number of benzene rings is 3. The minimum absolute atomic E-state index is 0.207. The van der Waals surface area contributed by atoms with Crippen LogP contribution in [0.5, 0.6) is 0 Å². The van der Waals surface area contributed by atoms with E-state index in [1.165, 1.54) is 0 Å². The van der Waals surface area contributed by atoms with Gasteiger partial charge in [0.1, 0.15) is 11.3 Å². The molecule has 6 nitrogen and oxygen atoms in total. The monoisotopic (exact) mass is 431 g/mol. The first-order chi connectivity index (χ1) is 16.2. The Bertz CT molecular complexity index is 1510. The van der Waals surface area contributed by atoms with E-state index in [-0.39, 0.29) is 11.6 Å². The number of hydrogen-bond acceptors (Lipinski definition) is 5. The molecule has 6 heteroatoms. The van der Waals surface area contributed by atoms with Gasteiger partial charge >= 0.3 is 5.97 Å². The summed E-state index contributed by atoms with van der Waals surface area (Å²) in [7, 11) is 0. The number of nitrogens with zero attached hydrogens (tertiary/aromatic N) is 3. The summed E-state index contributed by atoms with van der Waals surface area (Å²) in [6.07, 6.45) is 3.54. The van der Waals surface area contributed by atoms with E-state index in [0.29, 0.717) is 17.0 Å². The Labute approximate surface area is 189 Å². The number of esters is 1. The summed E-state index contributed by atoms with van der Waals surface area (Å²) in [6, 6.07) is 28.8. The van der Waals surface area contributed by atoms with Crippen LogP contribution in [0.3, 0.4) is 0 Å². The molecule has 2 aromatic heterocycles. The standard InChI is InChI=1S/C27H17N3O3/c31-27-22(28-26(33-27)18-9-3-1-4-10-18)15-20-17-30(21-12-5-2-6-13-21)29-25(20)24-16-19-11-7-8-14-23(19)32-24/h1-17H/b22-15-. The van der Waals surface area contributed by atoms with Gasteiger partial charge in [-0.3, -0.25) is 0 Å². The third kappa shape index (κ3) is 3.53. The van der Waals surface area contributed by atoms with Gasteiger partial charge < -0.3 is 9.15 Å². The number of ether oxygens (including phenoxy) is 1. The van der Waals surface area contributed by atoms with Crippen molar-refractivity contribution in [2.75, 3.05) is 0 Å². The summed E-state index contributed by atoms with van der Waals surface area (Å²) in [5.74, 6) is 0.390. The van der Waals surface area contributed by atoms with Gasteiger partial charge in [0.2, 0.25) is 5.90 Å². The smallest absolute Gasteiger partial charge is 0.363 e. The normalized spacial score (nSPS) is 14.6. The lowest BCUT2D eigenvalue weighted by Gasteiger charge is -1.98. The highest BCUT2D eigenvalue weighted by molar-refractivity contribution is 6.13. The molecule has 33 heavy (non-hydrogen) atoms. The largest absolute Gasteiger partial charge is 0.454 e. The highest BCUT2D eigenvalue weighted by atomic mass is 16.6. The number of aliphatic imine (C=N–C) groups is 1. The summed E-state index contributed by atoms with van der Waals surface area (Å²) >= 11 is 0. The second kappa shape index (κ2) is 7.76. The van der Waals surface area contributed by atoms with Gasteiger partial charge in [0.05, 0.1) is 5.69 Å². The van der Waals surface area contributed by atoms with E-state index in [1.807, 2.05) is 97.2 Å². The maximum atomic E-state index is 12.6. The van der Waals surface area contributed by atoms with E-state index in [0.717, 1.165) is 22.2 Å². The van der Waals surface area contributed by atoms with Gasteiger partial charge in [-0.2, -0.15) is 5.10 Å². The predicted molar refractivity (Wildman–Crippen MR) is 126 cm³/mol. The van der Waals surface area contributed by atoms with Gasteiger partial charge in [-0.05, 0) is 42.5 Å². The molecule has 3 aromatic carbocycles. The van der Waals surface area contributed by atoms with E-state index in [2.05, 4.69) is 4.99 Å². The number of carbonyl (C=O) groups is 1. The van der Waals surface area contributed by atoms with Gasteiger partial charge in [0, 0.05) is 22.7 Å². The number of aromatic nitrogens is 2. The average molecular weight is 431 g/mol. The van der Waals surface area contributed by atoms with Crippen LogP contribution in [0.2, 0.25) is 0 Å². The molecule has 0 N–H and O–H groups in total. The first kappa shape index (κ1) is 19.0. The van der Waals surface area contributed by atoms with Crippen LogP contribution in [-0.4, -0.2) is 21.6 Å². The van der Waals surface area contributed by atoms with Crippen LogP contribution in [0.4, 0.5) is 0 Å². The molecule has 0 bridgehead atoms. The third-order valence-electron chi connectivity index (χ3n) is 5.36. The summed E-state index contributed by atoms with van der Waals surface area (Å²) in [4.78, 5) is 17.0. The Kier molecular flexibility index (Phi) is 4.47. The molecule has 1 aliphatic heterocycles. The third-order valence-corrected chi connectivity index (χ3v) is 5.36. The molecule has 0 amide bonds. The molecule has 6 rings (SSSR count). The van der Waals surface area contributed by atoms with Crippen molar-refractivity contribution in [2.45, 2.75) is 0 Å². The van der Waals surface area contributed by atoms with E-state index >= 15 is 0 Å². The number of rotatable bonds is 4. The lowest BCUT2D eigenvalue weighted by molar-refractivity contribution is -0.129. The summed E-state index contributed by atoms with van der Waals surface area (Å²) in [6.45, 7) is 0. The Morgan fingerprint density at radius 3 is 2.36 bits per heavy atom. The zero-order chi connectivity index (χ0) is 22.2. The molecule has 0 atom stereocenters. The first-order valence-corrected chi connectivity index (χ1v) is 10.5. The number of para-hydroxylation sites is 2. The van der Waals surface area contributed by atoms with Crippen LogP contribution in [0.1, 0.15) is 11.1 Å². The lowest BCUT2D eigenvalue weighted by Crippen LogP contribution is -2.04. The van der Waals surface area contributed by atoms with Crippen LogP contribution in [0.15, 0.2) is 112 Å². The molecule has 3 heterocycles. The fraction of sp³-hybridized carbons (Fsp3) is 0. The molecule has 0 fully saturated rings. The average Bonchev–Trinajstić information content (AvgIpc) is 3.57. The highest BCUT2D eigenvalue weighted by Crippen LogP contribution is 2.32. The maximum Gasteiger partial charge on any atom is 0.363 e. The molecule has 0 radical (unpaired) electrons. The quantitative estimate of drug-likeness (QED) is 0.273. The molecule has 0 saturated carbocycles. The Morgan fingerprint density at radius 2 is 1.58 bits per heavy atom. The second-order valence-corrected chi connectivity index (χ2v) is 7.56. The molecule has 0 aliphatic carbocycles.